The number of aryl methyl sites for hydroxylation is 1. The summed E-state index contributed by atoms with van der Waals surface area (Å²) in [6, 6.07) is 11.4. The molecule has 0 bridgehead atoms. The fraction of sp³-hybridized carbons (Fsp3) is 0.0625. The summed E-state index contributed by atoms with van der Waals surface area (Å²) in [6.45, 7) is 1.77. The van der Waals surface area contributed by atoms with Crippen molar-refractivity contribution in [1.82, 2.24) is 4.72 Å². The van der Waals surface area contributed by atoms with Gasteiger partial charge in [-0.15, -0.1) is 20.6 Å². The zero-order valence-corrected chi connectivity index (χ0v) is 16.6. The van der Waals surface area contributed by atoms with Crippen LogP contribution in [0.5, 0.6) is 0 Å². The van der Waals surface area contributed by atoms with Crippen LogP contribution in [0.4, 0.5) is 10.5 Å². The fourth-order valence-corrected chi connectivity index (χ4v) is 5.51. The van der Waals surface area contributed by atoms with E-state index in [1.165, 1.54) is 0 Å². The lowest BCUT2D eigenvalue weighted by molar-refractivity contribution is 0.256. The number of benzene rings is 2. The molecule has 5 nitrogen and oxygen atoms in total. The first-order valence-electron chi connectivity index (χ1n) is 7.14. The van der Waals surface area contributed by atoms with Crippen molar-refractivity contribution in [2.24, 2.45) is 0 Å². The smallest absolute Gasteiger partial charge is 0.306 e. The number of rotatable bonds is 3. The van der Waals surface area contributed by atoms with Crippen LogP contribution in [0.15, 0.2) is 46.7 Å². The molecule has 0 saturated carbocycles. The predicted octanol–water partition coefficient (Wildman–Crippen LogP) is 3.87. The normalized spacial score (nSPS) is 11.5. The number of sulfonamides is 1. The van der Waals surface area contributed by atoms with Crippen LogP contribution < -0.4 is 15.3 Å². The zero-order valence-electron chi connectivity index (χ0n) is 13.0. The molecular formula is C16H14ClN2O3PS2. The summed E-state index contributed by atoms with van der Waals surface area (Å²) in [5.41, 5.74) is 1.23. The average Bonchev–Trinajstić information content (AvgIpc) is 2.95. The average molecular weight is 413 g/mol. The molecule has 2 amide bonds. The number of hydrogen-bond donors (Lipinski definition) is 2. The van der Waals surface area contributed by atoms with Crippen molar-refractivity contribution >= 4 is 69.3 Å². The Morgan fingerprint density at radius 3 is 2.60 bits per heavy atom. The molecule has 0 aliphatic carbocycles. The minimum Gasteiger partial charge on any atom is -0.306 e. The molecule has 25 heavy (non-hydrogen) atoms. The third-order valence-electron chi connectivity index (χ3n) is 3.46. The maximum Gasteiger partial charge on any atom is 0.333 e. The number of thiophene rings is 1. The Kier molecular flexibility index (Phi) is 5.02. The fourth-order valence-electron chi connectivity index (χ4n) is 2.34. The number of carbonyl (C=O) groups excluding carboxylic acids is 1. The first-order valence-corrected chi connectivity index (χ1v) is 10.4. The molecule has 3 aromatic rings. The van der Waals surface area contributed by atoms with Gasteiger partial charge in [0, 0.05) is 9.72 Å². The molecule has 0 aliphatic heterocycles. The largest absolute Gasteiger partial charge is 0.333 e. The highest BCUT2D eigenvalue weighted by Gasteiger charge is 2.21. The topological polar surface area (TPSA) is 75.3 Å². The van der Waals surface area contributed by atoms with E-state index in [4.69, 9.17) is 11.6 Å². The van der Waals surface area contributed by atoms with Gasteiger partial charge < -0.3 is 5.32 Å². The van der Waals surface area contributed by atoms with Crippen LogP contribution in [0, 0.1) is 6.92 Å². The number of nitrogens with one attached hydrogen (secondary N) is 2. The number of hydrogen-bond acceptors (Lipinski definition) is 4. The van der Waals surface area contributed by atoms with Gasteiger partial charge in [-0.3, -0.25) is 0 Å². The number of fused-ring (bicyclic) bond motifs is 1. The standard InChI is InChI=1S/C16H14ClN2O3PS2/c1-9-6-11(17)8-12(23)15(9)18-16(20)19-25(21,22)14-7-10-4-2-3-5-13(10)24-14/h2-8H,23H2,1H3,(H2,18,19,20). The minimum atomic E-state index is -3.95. The molecule has 0 fully saturated rings. The molecule has 0 aliphatic rings. The van der Waals surface area contributed by atoms with Crippen LogP contribution in [0.25, 0.3) is 10.1 Å². The second-order valence-electron chi connectivity index (χ2n) is 5.35. The monoisotopic (exact) mass is 412 g/mol. The molecule has 0 spiro atoms. The van der Waals surface area contributed by atoms with Crippen molar-refractivity contribution in [2.75, 3.05) is 5.32 Å². The quantitative estimate of drug-likeness (QED) is 0.641. The van der Waals surface area contributed by atoms with Crippen molar-refractivity contribution in [3.05, 3.63) is 53.1 Å². The van der Waals surface area contributed by atoms with E-state index < -0.39 is 16.1 Å². The van der Waals surface area contributed by atoms with E-state index in [1.807, 2.05) is 29.0 Å². The lowest BCUT2D eigenvalue weighted by Crippen LogP contribution is -2.35. The minimum absolute atomic E-state index is 0.0859. The van der Waals surface area contributed by atoms with Crippen molar-refractivity contribution < 1.29 is 13.2 Å². The second-order valence-corrected chi connectivity index (χ2v) is 9.40. The van der Waals surface area contributed by atoms with Gasteiger partial charge in [-0.05, 0) is 47.4 Å². The summed E-state index contributed by atoms with van der Waals surface area (Å²) < 4.78 is 27.8. The molecule has 2 aromatic carbocycles. The number of urea groups is 1. The predicted molar refractivity (Wildman–Crippen MR) is 107 cm³/mol. The molecule has 9 heteroatoms. The van der Waals surface area contributed by atoms with E-state index >= 15 is 0 Å². The number of anilines is 1. The van der Waals surface area contributed by atoms with Crippen LogP contribution in [-0.2, 0) is 10.0 Å². The maximum absolute atomic E-state index is 12.4. The van der Waals surface area contributed by atoms with Gasteiger partial charge in [0.05, 0.1) is 5.69 Å². The maximum atomic E-state index is 12.4. The SMILES string of the molecule is Cc1cc(Cl)cc(P)c1NC(=O)NS(=O)(=O)c1cc2ccccc2s1. The van der Waals surface area contributed by atoms with E-state index in [9.17, 15) is 13.2 Å². The Hall–Kier alpha value is -1.66. The molecule has 1 unspecified atom stereocenters. The van der Waals surface area contributed by atoms with Crippen LogP contribution >= 0.6 is 32.2 Å². The third-order valence-corrected chi connectivity index (χ3v) is 7.06. The van der Waals surface area contributed by atoms with Crippen LogP contribution in [-0.4, -0.2) is 14.4 Å². The molecule has 0 saturated heterocycles. The Bertz CT molecular complexity index is 1020. The van der Waals surface area contributed by atoms with E-state index in [1.54, 1.807) is 25.1 Å². The summed E-state index contributed by atoms with van der Waals surface area (Å²) >= 11 is 7.06. The van der Waals surface area contributed by atoms with Gasteiger partial charge in [0.1, 0.15) is 4.21 Å². The third kappa shape index (κ3) is 3.96. The highest BCUT2D eigenvalue weighted by molar-refractivity contribution is 7.92. The summed E-state index contributed by atoms with van der Waals surface area (Å²) in [6.07, 6.45) is 0. The number of halogens is 1. The highest BCUT2D eigenvalue weighted by Crippen LogP contribution is 2.28. The lowest BCUT2D eigenvalue weighted by atomic mass is 10.2. The molecule has 3 rings (SSSR count). The van der Waals surface area contributed by atoms with Crippen molar-refractivity contribution in [1.29, 1.82) is 0 Å². The van der Waals surface area contributed by atoms with Crippen molar-refractivity contribution in [3.63, 3.8) is 0 Å². The Morgan fingerprint density at radius 2 is 1.92 bits per heavy atom. The first-order chi connectivity index (χ1) is 11.8. The van der Waals surface area contributed by atoms with Gasteiger partial charge in [0.2, 0.25) is 0 Å². The Balaban J connectivity index is 1.82. The van der Waals surface area contributed by atoms with E-state index in [-0.39, 0.29) is 4.21 Å². The second kappa shape index (κ2) is 6.92. The molecule has 1 aromatic heterocycles. The Labute approximate surface area is 156 Å². The van der Waals surface area contributed by atoms with Crippen LogP contribution in [0.3, 0.4) is 0 Å². The summed E-state index contributed by atoms with van der Waals surface area (Å²) in [4.78, 5) is 12.2. The van der Waals surface area contributed by atoms with Gasteiger partial charge in [-0.25, -0.2) is 17.9 Å². The summed E-state index contributed by atoms with van der Waals surface area (Å²) in [5, 5.41) is 4.58. The highest BCUT2D eigenvalue weighted by atomic mass is 35.5. The van der Waals surface area contributed by atoms with Gasteiger partial charge in [0.15, 0.2) is 0 Å². The van der Waals surface area contributed by atoms with Crippen LogP contribution in [0.2, 0.25) is 5.02 Å². The van der Waals surface area contributed by atoms with Gasteiger partial charge in [0.25, 0.3) is 10.0 Å². The van der Waals surface area contributed by atoms with Crippen molar-refractivity contribution in [2.45, 2.75) is 11.1 Å². The number of amides is 2. The Morgan fingerprint density at radius 1 is 1.20 bits per heavy atom. The first kappa shape index (κ1) is 18.1. The lowest BCUT2D eigenvalue weighted by Gasteiger charge is -2.12. The van der Waals surface area contributed by atoms with E-state index in [0.29, 0.717) is 16.0 Å². The van der Waals surface area contributed by atoms with Crippen molar-refractivity contribution in [3.8, 4) is 0 Å². The van der Waals surface area contributed by atoms with Gasteiger partial charge >= 0.3 is 6.03 Å². The van der Waals surface area contributed by atoms with E-state index in [0.717, 1.165) is 27.0 Å². The zero-order chi connectivity index (χ0) is 18.2. The summed E-state index contributed by atoms with van der Waals surface area (Å²) in [7, 11) is -1.49. The molecular weight excluding hydrogens is 399 g/mol. The summed E-state index contributed by atoms with van der Waals surface area (Å²) in [5.74, 6) is 0. The molecule has 130 valence electrons. The molecule has 1 atom stereocenters. The van der Waals surface area contributed by atoms with Crippen LogP contribution in [0.1, 0.15) is 5.56 Å². The van der Waals surface area contributed by atoms with Gasteiger partial charge in [-0.2, -0.15) is 0 Å². The molecule has 0 radical (unpaired) electrons. The molecule has 2 N–H and O–H groups in total. The molecule has 1 heterocycles. The number of carbonyl (C=O) groups is 1. The van der Waals surface area contributed by atoms with Gasteiger partial charge in [-0.1, -0.05) is 29.8 Å². The van der Waals surface area contributed by atoms with E-state index in [2.05, 4.69) is 14.6 Å².